The van der Waals surface area contributed by atoms with Gasteiger partial charge in [0.15, 0.2) is 0 Å². The lowest BCUT2D eigenvalue weighted by Gasteiger charge is -2.19. The molecule has 0 unspecified atom stereocenters. The number of hydrogen-bond acceptors (Lipinski definition) is 2. The molecule has 0 aliphatic carbocycles. The highest BCUT2D eigenvalue weighted by Gasteiger charge is 2.25. The molecule has 1 saturated heterocycles. The van der Waals surface area contributed by atoms with Crippen LogP contribution in [-0.2, 0) is 9.53 Å². The second kappa shape index (κ2) is 6.34. The van der Waals surface area contributed by atoms with Gasteiger partial charge in [-0.3, -0.25) is 4.79 Å². The molecule has 1 heterocycles. The van der Waals surface area contributed by atoms with Crippen molar-refractivity contribution in [2.24, 2.45) is 0 Å². The molecule has 0 radical (unpaired) electrons. The van der Waals surface area contributed by atoms with E-state index in [1.165, 1.54) is 0 Å². The van der Waals surface area contributed by atoms with E-state index in [0.29, 0.717) is 6.61 Å². The van der Waals surface area contributed by atoms with Crippen LogP contribution in [0.3, 0.4) is 0 Å². The topological polar surface area (TPSA) is 38.3 Å². The molecule has 2 atom stereocenters. The minimum absolute atomic E-state index is 0.0160. The molecule has 1 amide bonds. The summed E-state index contributed by atoms with van der Waals surface area (Å²) in [5, 5.41) is 3.07. The first-order chi connectivity index (χ1) is 8.70. The largest absolute Gasteiger partial charge is 0.368 e. The summed E-state index contributed by atoms with van der Waals surface area (Å²) >= 11 is 3.41. The second-order valence-corrected chi connectivity index (χ2v) is 5.44. The van der Waals surface area contributed by atoms with E-state index in [9.17, 15) is 4.79 Å². The third-order valence-corrected chi connectivity index (χ3v) is 3.75. The van der Waals surface area contributed by atoms with Crippen LogP contribution in [0.5, 0.6) is 0 Å². The van der Waals surface area contributed by atoms with Gasteiger partial charge in [0.05, 0.1) is 6.04 Å². The molecule has 18 heavy (non-hydrogen) atoms. The van der Waals surface area contributed by atoms with Crippen molar-refractivity contribution in [1.82, 2.24) is 5.32 Å². The first-order valence-electron chi connectivity index (χ1n) is 6.38. The quantitative estimate of drug-likeness (QED) is 0.927. The van der Waals surface area contributed by atoms with Gasteiger partial charge in [0.2, 0.25) is 5.91 Å². The summed E-state index contributed by atoms with van der Waals surface area (Å²) < 4.78 is 6.44. The average Bonchev–Trinajstić information content (AvgIpc) is 2.91. The maximum absolute atomic E-state index is 12.0. The van der Waals surface area contributed by atoms with Crippen LogP contribution in [0.1, 0.15) is 37.8 Å². The Kier molecular flexibility index (Phi) is 4.78. The molecule has 0 bridgehead atoms. The van der Waals surface area contributed by atoms with E-state index in [-0.39, 0.29) is 18.1 Å². The van der Waals surface area contributed by atoms with Crippen molar-refractivity contribution in [2.75, 3.05) is 6.61 Å². The van der Waals surface area contributed by atoms with Crippen molar-refractivity contribution in [3.8, 4) is 0 Å². The molecule has 98 valence electrons. The Morgan fingerprint density at radius 2 is 2.22 bits per heavy atom. The number of nitrogens with one attached hydrogen (secondary N) is 1. The highest BCUT2D eigenvalue weighted by molar-refractivity contribution is 9.10. The van der Waals surface area contributed by atoms with Crippen LogP contribution >= 0.6 is 15.9 Å². The van der Waals surface area contributed by atoms with Gasteiger partial charge >= 0.3 is 0 Å². The lowest BCUT2D eigenvalue weighted by atomic mass is 10.0. The van der Waals surface area contributed by atoms with Gasteiger partial charge < -0.3 is 10.1 Å². The summed E-state index contributed by atoms with van der Waals surface area (Å²) in [6.07, 6.45) is 2.44. The Morgan fingerprint density at radius 3 is 2.78 bits per heavy atom. The normalized spacial score (nSPS) is 20.7. The SMILES string of the molecule is CC[C@@H](NC(=O)[C@@H]1CCCO1)c1ccc(Br)cc1. The van der Waals surface area contributed by atoms with Gasteiger partial charge in [-0.15, -0.1) is 0 Å². The fraction of sp³-hybridized carbons (Fsp3) is 0.500. The molecule has 0 aromatic heterocycles. The highest BCUT2D eigenvalue weighted by atomic mass is 79.9. The maximum Gasteiger partial charge on any atom is 0.249 e. The number of carbonyl (C=O) groups is 1. The number of benzene rings is 1. The van der Waals surface area contributed by atoms with E-state index >= 15 is 0 Å². The fourth-order valence-electron chi connectivity index (χ4n) is 2.17. The summed E-state index contributed by atoms with van der Waals surface area (Å²) in [5.41, 5.74) is 1.13. The summed E-state index contributed by atoms with van der Waals surface area (Å²) in [5.74, 6) is 0.0160. The maximum atomic E-state index is 12.0. The van der Waals surface area contributed by atoms with E-state index in [2.05, 4.69) is 28.2 Å². The number of carbonyl (C=O) groups excluding carboxylic acids is 1. The first-order valence-corrected chi connectivity index (χ1v) is 7.17. The molecule has 1 aliphatic rings. The summed E-state index contributed by atoms with van der Waals surface area (Å²) in [6, 6.07) is 8.13. The van der Waals surface area contributed by atoms with Gasteiger partial charge in [0.1, 0.15) is 6.10 Å². The lowest BCUT2D eigenvalue weighted by molar-refractivity contribution is -0.130. The number of hydrogen-bond donors (Lipinski definition) is 1. The van der Waals surface area contributed by atoms with Crippen molar-refractivity contribution >= 4 is 21.8 Å². The van der Waals surface area contributed by atoms with Gasteiger partial charge in [0, 0.05) is 11.1 Å². The molecule has 0 spiro atoms. The third kappa shape index (κ3) is 3.33. The van der Waals surface area contributed by atoms with Crippen LogP contribution in [-0.4, -0.2) is 18.6 Å². The van der Waals surface area contributed by atoms with E-state index in [0.717, 1.165) is 29.3 Å². The first kappa shape index (κ1) is 13.6. The van der Waals surface area contributed by atoms with Crippen LogP contribution < -0.4 is 5.32 Å². The molecule has 2 rings (SSSR count). The lowest BCUT2D eigenvalue weighted by Crippen LogP contribution is -2.36. The summed E-state index contributed by atoms with van der Waals surface area (Å²) in [7, 11) is 0. The fourth-order valence-corrected chi connectivity index (χ4v) is 2.43. The number of halogens is 1. The molecule has 3 nitrogen and oxygen atoms in total. The van der Waals surface area contributed by atoms with Crippen LogP contribution in [0.2, 0.25) is 0 Å². The van der Waals surface area contributed by atoms with Crippen molar-refractivity contribution in [3.05, 3.63) is 34.3 Å². The van der Waals surface area contributed by atoms with Crippen molar-refractivity contribution in [3.63, 3.8) is 0 Å². The van der Waals surface area contributed by atoms with Gasteiger partial charge in [-0.25, -0.2) is 0 Å². The number of amides is 1. The molecule has 1 fully saturated rings. The van der Waals surface area contributed by atoms with Gasteiger partial charge in [-0.2, -0.15) is 0 Å². The van der Waals surface area contributed by atoms with E-state index in [4.69, 9.17) is 4.74 Å². The minimum atomic E-state index is -0.255. The Hall–Kier alpha value is -0.870. The Morgan fingerprint density at radius 1 is 1.50 bits per heavy atom. The zero-order valence-corrected chi connectivity index (χ0v) is 12.1. The van der Waals surface area contributed by atoms with Gasteiger partial charge in [-0.05, 0) is 37.0 Å². The smallest absolute Gasteiger partial charge is 0.249 e. The molecular formula is C14H18BrNO2. The van der Waals surface area contributed by atoms with E-state index in [1.54, 1.807) is 0 Å². The van der Waals surface area contributed by atoms with Gasteiger partial charge in [0.25, 0.3) is 0 Å². The highest BCUT2D eigenvalue weighted by Crippen LogP contribution is 2.21. The molecule has 1 aliphatic heterocycles. The number of rotatable bonds is 4. The zero-order valence-electron chi connectivity index (χ0n) is 10.5. The Bertz CT molecular complexity index is 399. The Labute approximate surface area is 116 Å². The molecule has 1 aromatic carbocycles. The van der Waals surface area contributed by atoms with Gasteiger partial charge in [-0.1, -0.05) is 35.0 Å². The van der Waals surface area contributed by atoms with Crippen molar-refractivity contribution in [1.29, 1.82) is 0 Å². The predicted molar refractivity (Wildman–Crippen MR) is 74.3 cm³/mol. The summed E-state index contributed by atoms with van der Waals surface area (Å²) in [4.78, 5) is 12.0. The third-order valence-electron chi connectivity index (χ3n) is 3.22. The zero-order chi connectivity index (χ0) is 13.0. The average molecular weight is 312 g/mol. The molecule has 1 aromatic rings. The van der Waals surface area contributed by atoms with Crippen molar-refractivity contribution in [2.45, 2.75) is 38.3 Å². The standard InChI is InChI=1S/C14H18BrNO2/c1-2-12(10-5-7-11(15)8-6-10)16-14(17)13-4-3-9-18-13/h5-8,12-13H,2-4,9H2,1H3,(H,16,17)/t12-,13+/m1/s1. The molecular weight excluding hydrogens is 294 g/mol. The predicted octanol–water partition coefficient (Wildman–Crippen LogP) is 3.20. The van der Waals surface area contributed by atoms with E-state index in [1.807, 2.05) is 24.3 Å². The monoisotopic (exact) mass is 311 g/mol. The molecule has 0 saturated carbocycles. The number of ether oxygens (including phenoxy) is 1. The summed E-state index contributed by atoms with van der Waals surface area (Å²) in [6.45, 7) is 2.77. The van der Waals surface area contributed by atoms with Crippen molar-refractivity contribution < 1.29 is 9.53 Å². The van der Waals surface area contributed by atoms with Crippen LogP contribution in [0, 0.1) is 0 Å². The van der Waals surface area contributed by atoms with Crippen LogP contribution in [0.4, 0.5) is 0 Å². The Balaban J connectivity index is 2.00. The van der Waals surface area contributed by atoms with Crippen LogP contribution in [0.25, 0.3) is 0 Å². The van der Waals surface area contributed by atoms with Crippen LogP contribution in [0.15, 0.2) is 28.7 Å². The molecule has 4 heteroatoms. The second-order valence-electron chi connectivity index (χ2n) is 4.52. The minimum Gasteiger partial charge on any atom is -0.368 e. The molecule has 1 N–H and O–H groups in total. The van der Waals surface area contributed by atoms with E-state index < -0.39 is 0 Å².